The molecule has 0 aromatic carbocycles. The van der Waals surface area contributed by atoms with Crippen LogP contribution in [0, 0.1) is 0 Å². The quantitative estimate of drug-likeness (QED) is 0.937. The summed E-state index contributed by atoms with van der Waals surface area (Å²) >= 11 is 0. The highest BCUT2D eigenvalue weighted by Crippen LogP contribution is 2.24. The largest absolute Gasteiger partial charge is 0.353 e. The number of hydrogen-bond acceptors (Lipinski definition) is 5. The molecule has 2 aromatic heterocycles. The first-order valence-electron chi connectivity index (χ1n) is 7.80. The van der Waals surface area contributed by atoms with E-state index in [1.165, 1.54) is 11.3 Å². The molecule has 6 heteroatoms. The van der Waals surface area contributed by atoms with E-state index in [9.17, 15) is 0 Å². The second kappa shape index (κ2) is 6.04. The van der Waals surface area contributed by atoms with E-state index < -0.39 is 0 Å². The highest BCUT2D eigenvalue weighted by Gasteiger charge is 2.23. The Bertz CT molecular complexity index is 593. The lowest BCUT2D eigenvalue weighted by Gasteiger charge is -2.35. The van der Waals surface area contributed by atoms with E-state index in [1.807, 2.05) is 12.4 Å². The zero-order valence-electron chi connectivity index (χ0n) is 13.6. The van der Waals surface area contributed by atoms with Gasteiger partial charge in [-0.1, -0.05) is 20.8 Å². The molecule has 2 aromatic rings. The van der Waals surface area contributed by atoms with Gasteiger partial charge in [0.05, 0.1) is 12.4 Å². The van der Waals surface area contributed by atoms with Gasteiger partial charge in [0.15, 0.2) is 0 Å². The number of aromatic amines is 1. The number of anilines is 1. The summed E-state index contributed by atoms with van der Waals surface area (Å²) in [5, 5.41) is 7.40. The first kappa shape index (κ1) is 15.0. The van der Waals surface area contributed by atoms with Crippen LogP contribution in [0.25, 0.3) is 0 Å². The summed E-state index contributed by atoms with van der Waals surface area (Å²) in [5.74, 6) is 0.973. The number of nitrogens with zero attached hydrogens (tertiary/aromatic N) is 5. The van der Waals surface area contributed by atoms with E-state index in [4.69, 9.17) is 0 Å². The van der Waals surface area contributed by atoms with Crippen molar-refractivity contribution in [2.24, 2.45) is 0 Å². The number of H-pyrrole nitrogens is 1. The predicted octanol–water partition coefficient (Wildman–Crippen LogP) is 1.82. The Morgan fingerprint density at radius 1 is 1.09 bits per heavy atom. The van der Waals surface area contributed by atoms with Gasteiger partial charge in [0.1, 0.15) is 5.82 Å². The van der Waals surface area contributed by atoms with Gasteiger partial charge in [-0.2, -0.15) is 5.10 Å². The van der Waals surface area contributed by atoms with Gasteiger partial charge in [0, 0.05) is 61.8 Å². The highest BCUT2D eigenvalue weighted by molar-refractivity contribution is 5.35. The molecule has 0 bridgehead atoms. The van der Waals surface area contributed by atoms with Crippen LogP contribution in [0.4, 0.5) is 5.82 Å². The molecule has 1 N–H and O–H groups in total. The molecular weight excluding hydrogens is 276 g/mol. The van der Waals surface area contributed by atoms with Crippen LogP contribution in [-0.4, -0.2) is 51.2 Å². The molecule has 1 saturated heterocycles. The average Bonchev–Trinajstić information content (AvgIpc) is 2.97. The number of rotatable bonds is 3. The third kappa shape index (κ3) is 3.27. The van der Waals surface area contributed by atoms with Crippen molar-refractivity contribution >= 4 is 5.82 Å². The molecule has 118 valence electrons. The molecule has 0 saturated carbocycles. The van der Waals surface area contributed by atoms with Gasteiger partial charge in [-0.25, -0.2) is 4.98 Å². The Labute approximate surface area is 131 Å². The fourth-order valence-electron chi connectivity index (χ4n) is 2.91. The van der Waals surface area contributed by atoms with Gasteiger partial charge in [0.2, 0.25) is 0 Å². The van der Waals surface area contributed by atoms with Gasteiger partial charge in [-0.15, -0.1) is 0 Å². The predicted molar refractivity (Wildman–Crippen MR) is 86.8 cm³/mol. The minimum Gasteiger partial charge on any atom is -0.353 e. The maximum Gasteiger partial charge on any atom is 0.147 e. The molecule has 0 radical (unpaired) electrons. The van der Waals surface area contributed by atoms with Crippen LogP contribution in [0.15, 0.2) is 24.8 Å². The number of aromatic nitrogens is 4. The summed E-state index contributed by atoms with van der Waals surface area (Å²) < 4.78 is 0. The topological polar surface area (TPSA) is 60.9 Å². The lowest BCUT2D eigenvalue weighted by molar-refractivity contribution is 0.247. The van der Waals surface area contributed by atoms with Gasteiger partial charge < -0.3 is 4.90 Å². The molecule has 1 aliphatic rings. The minimum absolute atomic E-state index is 0.104. The Balaban J connectivity index is 1.60. The van der Waals surface area contributed by atoms with E-state index in [0.717, 1.165) is 38.5 Å². The first-order chi connectivity index (χ1) is 10.5. The molecule has 3 rings (SSSR count). The minimum atomic E-state index is 0.104. The third-order valence-electron chi connectivity index (χ3n) is 4.11. The summed E-state index contributed by atoms with van der Waals surface area (Å²) in [5.41, 5.74) is 2.65. The smallest absolute Gasteiger partial charge is 0.147 e. The molecule has 0 unspecified atom stereocenters. The fraction of sp³-hybridized carbons (Fsp3) is 0.562. The molecule has 0 amide bonds. The second-order valence-corrected chi connectivity index (χ2v) is 6.85. The monoisotopic (exact) mass is 300 g/mol. The zero-order chi connectivity index (χ0) is 15.6. The van der Waals surface area contributed by atoms with E-state index in [2.05, 4.69) is 50.7 Å². The van der Waals surface area contributed by atoms with Crippen LogP contribution < -0.4 is 4.90 Å². The van der Waals surface area contributed by atoms with Crippen molar-refractivity contribution in [1.29, 1.82) is 0 Å². The van der Waals surface area contributed by atoms with Crippen molar-refractivity contribution in [3.05, 3.63) is 36.0 Å². The van der Waals surface area contributed by atoms with E-state index >= 15 is 0 Å². The maximum atomic E-state index is 4.38. The van der Waals surface area contributed by atoms with Crippen LogP contribution in [0.1, 0.15) is 32.0 Å². The van der Waals surface area contributed by atoms with Crippen LogP contribution in [0.3, 0.4) is 0 Å². The summed E-state index contributed by atoms with van der Waals surface area (Å²) in [7, 11) is 0. The molecule has 1 fully saturated rings. The highest BCUT2D eigenvalue weighted by atomic mass is 15.3. The Kier molecular flexibility index (Phi) is 4.11. The lowest BCUT2D eigenvalue weighted by Crippen LogP contribution is -2.46. The van der Waals surface area contributed by atoms with Gasteiger partial charge >= 0.3 is 0 Å². The molecule has 1 aliphatic heterocycles. The second-order valence-electron chi connectivity index (χ2n) is 6.85. The summed E-state index contributed by atoms with van der Waals surface area (Å²) in [6.07, 6.45) is 7.27. The number of piperazine rings is 1. The van der Waals surface area contributed by atoms with E-state index in [1.54, 1.807) is 12.4 Å². The van der Waals surface area contributed by atoms with Gasteiger partial charge in [0.25, 0.3) is 0 Å². The molecule has 0 atom stereocenters. The van der Waals surface area contributed by atoms with E-state index in [-0.39, 0.29) is 5.41 Å². The van der Waals surface area contributed by atoms with Gasteiger partial charge in [-0.05, 0) is 0 Å². The molecule has 0 spiro atoms. The Hall–Kier alpha value is -1.95. The molecule has 6 nitrogen and oxygen atoms in total. The Morgan fingerprint density at radius 3 is 2.50 bits per heavy atom. The van der Waals surface area contributed by atoms with Crippen molar-refractivity contribution in [2.45, 2.75) is 32.7 Å². The molecule has 0 aliphatic carbocycles. The van der Waals surface area contributed by atoms with Crippen LogP contribution in [-0.2, 0) is 12.0 Å². The van der Waals surface area contributed by atoms with Gasteiger partial charge in [-0.3, -0.25) is 15.0 Å². The molecule has 3 heterocycles. The third-order valence-corrected chi connectivity index (χ3v) is 4.11. The Morgan fingerprint density at radius 2 is 1.86 bits per heavy atom. The zero-order valence-corrected chi connectivity index (χ0v) is 13.6. The first-order valence-corrected chi connectivity index (χ1v) is 7.80. The van der Waals surface area contributed by atoms with Crippen LogP contribution >= 0.6 is 0 Å². The number of nitrogens with one attached hydrogen (secondary N) is 1. The van der Waals surface area contributed by atoms with Crippen molar-refractivity contribution in [3.63, 3.8) is 0 Å². The summed E-state index contributed by atoms with van der Waals surface area (Å²) in [6.45, 7) is 11.7. The fourth-order valence-corrected chi connectivity index (χ4v) is 2.91. The molecule has 22 heavy (non-hydrogen) atoms. The van der Waals surface area contributed by atoms with Crippen LogP contribution in [0.5, 0.6) is 0 Å². The van der Waals surface area contributed by atoms with Crippen molar-refractivity contribution in [1.82, 2.24) is 25.1 Å². The maximum absolute atomic E-state index is 4.38. The summed E-state index contributed by atoms with van der Waals surface area (Å²) in [4.78, 5) is 13.3. The standard InChI is InChI=1S/C16H24N6/c1-16(2,3)15-13(10-19-20-15)12-21-6-8-22(9-7-21)14-11-17-4-5-18-14/h4-5,10-11H,6-9,12H2,1-3H3,(H,19,20). The average molecular weight is 300 g/mol. The molecular formula is C16H24N6. The van der Waals surface area contributed by atoms with Crippen molar-refractivity contribution in [2.75, 3.05) is 31.1 Å². The lowest BCUT2D eigenvalue weighted by atomic mass is 9.89. The van der Waals surface area contributed by atoms with Crippen molar-refractivity contribution < 1.29 is 0 Å². The summed E-state index contributed by atoms with van der Waals surface area (Å²) in [6, 6.07) is 0. The van der Waals surface area contributed by atoms with E-state index in [0.29, 0.717) is 0 Å². The normalized spacial score (nSPS) is 17.0. The van der Waals surface area contributed by atoms with Crippen molar-refractivity contribution in [3.8, 4) is 0 Å². The SMILES string of the molecule is CC(C)(C)c1[nH]ncc1CN1CCN(c2cnccn2)CC1. The van der Waals surface area contributed by atoms with Crippen LogP contribution in [0.2, 0.25) is 0 Å². The number of hydrogen-bond donors (Lipinski definition) is 1.